The van der Waals surface area contributed by atoms with E-state index in [1.165, 1.54) is 0 Å². The summed E-state index contributed by atoms with van der Waals surface area (Å²) in [6.45, 7) is 3.61. The van der Waals surface area contributed by atoms with Crippen LogP contribution in [0.25, 0.3) is 0 Å². The smallest absolute Gasteiger partial charge is 0.343 e. The van der Waals surface area contributed by atoms with Gasteiger partial charge in [-0.3, -0.25) is 0 Å². The molecule has 0 aromatic rings. The number of halogens is 7. The van der Waals surface area contributed by atoms with Gasteiger partial charge in [0.25, 0.3) is 6.36 Å². The third kappa shape index (κ3) is 8.20. The summed E-state index contributed by atoms with van der Waals surface area (Å²) in [6, 6.07) is 0. The van der Waals surface area contributed by atoms with E-state index in [0.29, 0.717) is 20.7 Å². The lowest BCUT2D eigenvalue weighted by molar-refractivity contribution is -0.340. The van der Waals surface area contributed by atoms with E-state index in [1.54, 1.807) is 0 Å². The quantitative estimate of drug-likeness (QED) is 0.357. The molecule has 9 heteroatoms. The minimum absolute atomic E-state index is 0. The topological polar surface area (TPSA) is 9.23 Å². The summed E-state index contributed by atoms with van der Waals surface area (Å²) in [4.78, 5) is 0. The lowest BCUT2D eigenvalue weighted by Gasteiger charge is -2.22. The molecule has 0 aromatic heterocycles. The molecule has 0 rings (SSSR count). The van der Waals surface area contributed by atoms with E-state index >= 15 is 0 Å². The minimum Gasteiger partial charge on any atom is -0.343 e. The summed E-state index contributed by atoms with van der Waals surface area (Å²) >= 11 is 0. The average Bonchev–Trinajstić information content (AvgIpc) is 2.20. The van der Waals surface area contributed by atoms with Crippen LogP contribution in [0.5, 0.6) is 0 Å². The van der Waals surface area contributed by atoms with Crippen LogP contribution in [-0.4, -0.2) is 37.4 Å². The SMILES string of the molecule is CC(C)CPCCCOC(F)C(F)(F)C(F)(F)F.Cl. The Hall–Kier alpha value is 0.260. The Morgan fingerprint density at radius 3 is 2.05 bits per heavy atom. The minimum atomic E-state index is -5.92. The Balaban J connectivity index is 0. The van der Waals surface area contributed by atoms with E-state index in [1.807, 2.05) is 13.8 Å². The largest absolute Gasteiger partial charge is 0.459 e. The molecule has 0 aliphatic heterocycles. The van der Waals surface area contributed by atoms with Crippen LogP contribution in [0.15, 0.2) is 0 Å². The predicted octanol–water partition coefficient (Wildman–Crippen LogP) is 4.64. The van der Waals surface area contributed by atoms with Gasteiger partial charge in [0.05, 0.1) is 6.61 Å². The van der Waals surface area contributed by atoms with Gasteiger partial charge in [-0.05, 0) is 24.7 Å². The van der Waals surface area contributed by atoms with Gasteiger partial charge in [-0.2, -0.15) is 22.0 Å². The zero-order valence-corrected chi connectivity index (χ0v) is 12.4. The number of hydrogen-bond acceptors (Lipinski definition) is 1. The number of alkyl halides is 6. The van der Waals surface area contributed by atoms with Gasteiger partial charge < -0.3 is 4.74 Å². The van der Waals surface area contributed by atoms with Gasteiger partial charge in [-0.1, -0.05) is 13.8 Å². The Labute approximate surface area is 116 Å². The Morgan fingerprint density at radius 1 is 1.11 bits per heavy atom. The zero-order chi connectivity index (χ0) is 14.4. The molecule has 0 amide bonds. The summed E-state index contributed by atoms with van der Waals surface area (Å²) in [7, 11) is 0.580. The first-order valence-electron chi connectivity index (χ1n) is 5.50. The molecule has 0 fully saturated rings. The lowest BCUT2D eigenvalue weighted by atomic mass is 10.3. The van der Waals surface area contributed by atoms with Gasteiger partial charge in [0.2, 0.25) is 0 Å². The molecule has 0 aliphatic carbocycles. The highest BCUT2D eigenvalue weighted by atomic mass is 35.5. The normalized spacial score (nSPS) is 15.0. The Morgan fingerprint density at radius 2 is 1.63 bits per heavy atom. The van der Waals surface area contributed by atoms with Crippen molar-refractivity contribution in [2.75, 3.05) is 18.9 Å². The van der Waals surface area contributed by atoms with Crippen LogP contribution in [0.4, 0.5) is 26.3 Å². The first kappa shape index (κ1) is 21.6. The fraction of sp³-hybridized carbons (Fsp3) is 1.00. The highest BCUT2D eigenvalue weighted by Crippen LogP contribution is 2.39. The van der Waals surface area contributed by atoms with E-state index in [2.05, 4.69) is 4.74 Å². The average molecular weight is 335 g/mol. The van der Waals surface area contributed by atoms with Gasteiger partial charge in [0.15, 0.2) is 0 Å². The summed E-state index contributed by atoms with van der Waals surface area (Å²) < 4.78 is 76.5. The maximum Gasteiger partial charge on any atom is 0.459 e. The van der Waals surface area contributed by atoms with Gasteiger partial charge in [-0.15, -0.1) is 21.0 Å². The molecule has 0 N–H and O–H groups in total. The van der Waals surface area contributed by atoms with Gasteiger partial charge in [0, 0.05) is 0 Å². The highest BCUT2D eigenvalue weighted by Gasteiger charge is 2.64. The molecule has 0 aromatic carbocycles. The summed E-state index contributed by atoms with van der Waals surface area (Å²) in [5.41, 5.74) is 0. The van der Waals surface area contributed by atoms with E-state index < -0.39 is 25.1 Å². The monoisotopic (exact) mass is 334 g/mol. The lowest BCUT2D eigenvalue weighted by Crippen LogP contribution is -2.46. The molecule has 0 spiro atoms. The standard InChI is InChI=1S/C10H17F6OP.ClH/c1-7(2)6-18-5-3-4-17-8(11)9(12,13)10(14,15)16;/h7-8,18H,3-6H2,1-2H3;1H. The molecule has 2 unspecified atom stereocenters. The molecule has 0 heterocycles. The molecule has 0 saturated carbocycles. The predicted molar refractivity (Wildman–Crippen MR) is 66.6 cm³/mol. The van der Waals surface area contributed by atoms with Crippen LogP contribution in [-0.2, 0) is 4.74 Å². The van der Waals surface area contributed by atoms with Gasteiger partial charge >= 0.3 is 12.1 Å². The van der Waals surface area contributed by atoms with Crippen molar-refractivity contribution in [1.82, 2.24) is 0 Å². The van der Waals surface area contributed by atoms with Crippen molar-refractivity contribution in [3.63, 3.8) is 0 Å². The fourth-order valence-corrected chi connectivity index (χ4v) is 2.18. The highest BCUT2D eigenvalue weighted by molar-refractivity contribution is 7.37. The summed E-state index contributed by atoms with van der Waals surface area (Å²) in [5, 5.41) is 0. The summed E-state index contributed by atoms with van der Waals surface area (Å²) in [5.74, 6) is -4.94. The third-order valence-electron chi connectivity index (χ3n) is 1.98. The third-order valence-corrected chi connectivity index (χ3v) is 3.79. The van der Waals surface area contributed by atoms with E-state index in [-0.39, 0.29) is 18.8 Å². The Kier molecular flexibility index (Phi) is 10.5. The van der Waals surface area contributed by atoms with Crippen molar-refractivity contribution in [3.8, 4) is 0 Å². The van der Waals surface area contributed by atoms with Crippen LogP contribution in [0.2, 0.25) is 0 Å². The molecule has 0 radical (unpaired) electrons. The van der Waals surface area contributed by atoms with Crippen LogP contribution < -0.4 is 0 Å². The number of ether oxygens (including phenoxy) is 1. The van der Waals surface area contributed by atoms with Crippen molar-refractivity contribution in [2.24, 2.45) is 5.92 Å². The molecule has 0 saturated heterocycles. The molecule has 19 heavy (non-hydrogen) atoms. The van der Waals surface area contributed by atoms with Crippen LogP contribution in [0.3, 0.4) is 0 Å². The molecule has 2 atom stereocenters. The van der Waals surface area contributed by atoms with Crippen LogP contribution in [0, 0.1) is 5.92 Å². The van der Waals surface area contributed by atoms with Crippen LogP contribution in [0.1, 0.15) is 20.3 Å². The first-order chi connectivity index (χ1) is 8.09. The maximum atomic E-state index is 12.6. The van der Waals surface area contributed by atoms with Crippen molar-refractivity contribution in [2.45, 2.75) is 38.7 Å². The van der Waals surface area contributed by atoms with Crippen molar-refractivity contribution >= 4 is 21.0 Å². The second-order valence-electron chi connectivity index (χ2n) is 4.26. The fourth-order valence-electron chi connectivity index (χ4n) is 1.01. The van der Waals surface area contributed by atoms with Crippen molar-refractivity contribution in [1.29, 1.82) is 0 Å². The van der Waals surface area contributed by atoms with E-state index in [4.69, 9.17) is 0 Å². The number of rotatable bonds is 8. The molecule has 0 aliphatic rings. The molecular formula is C10H18ClF6OP. The molecule has 118 valence electrons. The Bertz CT molecular complexity index is 237. The van der Waals surface area contributed by atoms with E-state index in [9.17, 15) is 26.3 Å². The van der Waals surface area contributed by atoms with Gasteiger partial charge in [-0.25, -0.2) is 4.39 Å². The molecular weight excluding hydrogens is 317 g/mol. The molecule has 1 nitrogen and oxygen atoms in total. The second kappa shape index (κ2) is 9.24. The van der Waals surface area contributed by atoms with Crippen molar-refractivity contribution in [3.05, 3.63) is 0 Å². The number of hydrogen-bond donors (Lipinski definition) is 0. The first-order valence-corrected chi connectivity index (χ1v) is 6.91. The zero-order valence-electron chi connectivity index (χ0n) is 10.6. The molecule has 0 bridgehead atoms. The summed E-state index contributed by atoms with van der Waals surface area (Å²) in [6.07, 6.45) is -7.68. The second-order valence-corrected chi connectivity index (χ2v) is 5.67. The van der Waals surface area contributed by atoms with Gasteiger partial charge in [0.1, 0.15) is 0 Å². The maximum absolute atomic E-state index is 12.6. The van der Waals surface area contributed by atoms with E-state index in [0.717, 1.165) is 6.16 Å². The van der Waals surface area contributed by atoms with Crippen molar-refractivity contribution < 1.29 is 31.1 Å². The van der Waals surface area contributed by atoms with Crippen LogP contribution >= 0.6 is 21.0 Å².